The van der Waals surface area contributed by atoms with Gasteiger partial charge >= 0.3 is 0 Å². The van der Waals surface area contributed by atoms with Crippen LogP contribution < -0.4 is 5.56 Å². The van der Waals surface area contributed by atoms with Gasteiger partial charge in [-0.05, 0) is 31.4 Å². The molecule has 1 saturated heterocycles. The van der Waals surface area contributed by atoms with Crippen LogP contribution in [0.3, 0.4) is 0 Å². The average molecular weight is 323 g/mol. The second kappa shape index (κ2) is 5.92. The Kier molecular flexibility index (Phi) is 3.60. The normalized spacial score (nSPS) is 18.0. The number of carbonyl (C=O) groups is 1. The third-order valence-corrected chi connectivity index (χ3v) is 4.54. The van der Waals surface area contributed by atoms with Crippen LogP contribution in [-0.2, 0) is 0 Å². The molecule has 1 aliphatic rings. The lowest BCUT2D eigenvalue weighted by atomic mass is 9.98. The fraction of sp³-hybridized carbons (Fsp3) is 0.294. The number of H-pyrrole nitrogens is 2. The molecule has 1 aromatic carbocycles. The van der Waals surface area contributed by atoms with Gasteiger partial charge in [-0.3, -0.25) is 14.7 Å². The molecule has 1 unspecified atom stereocenters. The molecule has 3 heterocycles. The maximum Gasteiger partial charge on any atom is 0.275 e. The number of amides is 1. The lowest BCUT2D eigenvalue weighted by molar-refractivity contribution is 0.0601. The Balaban J connectivity index is 1.78. The summed E-state index contributed by atoms with van der Waals surface area (Å²) in [5, 5.41) is 14.5. The van der Waals surface area contributed by atoms with Crippen molar-refractivity contribution in [3.05, 3.63) is 58.3 Å². The number of benzene rings is 1. The van der Waals surface area contributed by atoms with Crippen LogP contribution in [0.1, 0.15) is 41.5 Å². The predicted octanol–water partition coefficient (Wildman–Crippen LogP) is 2.01. The summed E-state index contributed by atoms with van der Waals surface area (Å²) < 4.78 is 0. The first-order chi connectivity index (χ1) is 11.8. The van der Waals surface area contributed by atoms with E-state index in [0.717, 1.165) is 25.0 Å². The van der Waals surface area contributed by atoms with Crippen molar-refractivity contribution in [2.75, 3.05) is 6.54 Å². The number of carbonyl (C=O) groups excluding carboxylic acids is 1. The Bertz CT molecular complexity index is 932. The maximum absolute atomic E-state index is 13.1. The van der Waals surface area contributed by atoms with Gasteiger partial charge in [0.2, 0.25) is 0 Å². The second-order valence-electron chi connectivity index (χ2n) is 5.97. The number of likely N-dealkylation sites (tertiary alicyclic amines) is 1. The number of hydrogen-bond acceptors (Lipinski definition) is 4. The highest BCUT2D eigenvalue weighted by Crippen LogP contribution is 2.31. The fourth-order valence-electron chi connectivity index (χ4n) is 3.36. The molecule has 1 fully saturated rings. The van der Waals surface area contributed by atoms with Gasteiger partial charge in [-0.1, -0.05) is 18.2 Å². The molecular formula is C17H17N5O2. The first kappa shape index (κ1) is 14.6. The predicted molar refractivity (Wildman–Crippen MR) is 88.6 cm³/mol. The Morgan fingerprint density at radius 2 is 1.96 bits per heavy atom. The highest BCUT2D eigenvalue weighted by molar-refractivity contribution is 6.04. The first-order valence-electron chi connectivity index (χ1n) is 8.03. The molecule has 0 aliphatic carbocycles. The van der Waals surface area contributed by atoms with Gasteiger partial charge in [0.15, 0.2) is 5.69 Å². The molecule has 1 amide bonds. The summed E-state index contributed by atoms with van der Waals surface area (Å²) in [5.74, 6) is -0.165. The third-order valence-electron chi connectivity index (χ3n) is 4.54. The van der Waals surface area contributed by atoms with Crippen molar-refractivity contribution in [2.24, 2.45) is 0 Å². The Morgan fingerprint density at radius 3 is 2.75 bits per heavy atom. The first-order valence-corrected chi connectivity index (χ1v) is 8.03. The lowest BCUT2D eigenvalue weighted by Crippen LogP contribution is -2.39. The van der Waals surface area contributed by atoms with E-state index in [1.165, 1.54) is 0 Å². The van der Waals surface area contributed by atoms with Crippen LogP contribution >= 0.6 is 0 Å². The van der Waals surface area contributed by atoms with Crippen molar-refractivity contribution in [1.29, 1.82) is 0 Å². The Labute approximate surface area is 137 Å². The zero-order valence-corrected chi connectivity index (χ0v) is 13.0. The highest BCUT2D eigenvalue weighted by Gasteiger charge is 2.31. The van der Waals surface area contributed by atoms with Gasteiger partial charge in [-0.15, -0.1) is 0 Å². The molecular weight excluding hydrogens is 306 g/mol. The molecule has 3 aromatic rings. The van der Waals surface area contributed by atoms with E-state index in [1.807, 2.05) is 17.0 Å². The molecule has 1 aliphatic heterocycles. The number of piperidine rings is 1. The van der Waals surface area contributed by atoms with Crippen LogP contribution in [0.4, 0.5) is 0 Å². The molecule has 7 nitrogen and oxygen atoms in total. The van der Waals surface area contributed by atoms with Crippen molar-refractivity contribution < 1.29 is 4.79 Å². The molecule has 0 radical (unpaired) electrons. The van der Waals surface area contributed by atoms with Crippen LogP contribution in [0, 0.1) is 0 Å². The Morgan fingerprint density at radius 1 is 1.12 bits per heavy atom. The van der Waals surface area contributed by atoms with Crippen molar-refractivity contribution in [3.8, 4) is 0 Å². The van der Waals surface area contributed by atoms with Crippen LogP contribution in [0.15, 0.2) is 41.3 Å². The van der Waals surface area contributed by atoms with E-state index < -0.39 is 0 Å². The number of aromatic amines is 2. The largest absolute Gasteiger partial charge is 0.329 e. The van der Waals surface area contributed by atoms with Gasteiger partial charge in [0.1, 0.15) is 0 Å². The number of nitrogens with one attached hydrogen (secondary N) is 2. The van der Waals surface area contributed by atoms with Crippen molar-refractivity contribution in [3.63, 3.8) is 0 Å². The summed E-state index contributed by atoms with van der Waals surface area (Å²) in [6, 6.07) is 8.91. The van der Waals surface area contributed by atoms with Crippen molar-refractivity contribution in [2.45, 2.75) is 25.3 Å². The van der Waals surface area contributed by atoms with E-state index >= 15 is 0 Å². The smallest absolute Gasteiger partial charge is 0.275 e. The summed E-state index contributed by atoms with van der Waals surface area (Å²) >= 11 is 0. The Hall–Kier alpha value is -2.96. The summed E-state index contributed by atoms with van der Waals surface area (Å²) in [4.78, 5) is 26.9. The maximum atomic E-state index is 13.1. The van der Waals surface area contributed by atoms with Gasteiger partial charge in [0, 0.05) is 18.1 Å². The van der Waals surface area contributed by atoms with Crippen LogP contribution in [-0.4, -0.2) is 37.7 Å². The molecule has 1 atom stereocenters. The van der Waals surface area contributed by atoms with Gasteiger partial charge < -0.3 is 4.90 Å². The molecule has 122 valence electrons. The minimum Gasteiger partial charge on any atom is -0.329 e. The standard InChI is InChI=1S/C17H17N5O2/c23-16-12-6-2-1-5-11(12)15(20-21-16)17(24)22-10-4-3-7-14(22)13-8-9-18-19-13/h1-2,5-6,8-9,14H,3-4,7,10H2,(H,18,19)(H,21,23). The van der Waals surface area contributed by atoms with Gasteiger partial charge in [-0.25, -0.2) is 5.10 Å². The van der Waals surface area contributed by atoms with E-state index in [1.54, 1.807) is 24.4 Å². The summed E-state index contributed by atoms with van der Waals surface area (Å²) in [6.07, 6.45) is 4.60. The van der Waals surface area contributed by atoms with E-state index in [0.29, 0.717) is 17.3 Å². The number of hydrogen-bond donors (Lipinski definition) is 2. The zero-order valence-electron chi connectivity index (χ0n) is 13.0. The number of fused-ring (bicyclic) bond motifs is 1. The average Bonchev–Trinajstić information content (AvgIpc) is 3.16. The van der Waals surface area contributed by atoms with Gasteiger partial charge in [0.05, 0.1) is 17.1 Å². The molecule has 2 aromatic heterocycles. The minimum absolute atomic E-state index is 0.0405. The van der Waals surface area contributed by atoms with Crippen LogP contribution in [0.25, 0.3) is 10.8 Å². The van der Waals surface area contributed by atoms with Crippen LogP contribution in [0.5, 0.6) is 0 Å². The van der Waals surface area contributed by atoms with Crippen LogP contribution in [0.2, 0.25) is 0 Å². The molecule has 2 N–H and O–H groups in total. The monoisotopic (exact) mass is 323 g/mol. The summed E-state index contributed by atoms with van der Waals surface area (Å²) in [5.41, 5.74) is 0.930. The molecule has 7 heteroatoms. The SMILES string of the molecule is O=C(c1n[nH]c(=O)c2ccccc12)N1CCCCC1c1ccn[nH]1. The molecule has 0 saturated carbocycles. The zero-order chi connectivity index (χ0) is 16.5. The van der Waals surface area contributed by atoms with E-state index in [4.69, 9.17) is 0 Å². The molecule has 0 spiro atoms. The minimum atomic E-state index is -0.286. The van der Waals surface area contributed by atoms with E-state index in [-0.39, 0.29) is 23.2 Å². The number of nitrogens with zero attached hydrogens (tertiary/aromatic N) is 3. The lowest BCUT2D eigenvalue weighted by Gasteiger charge is -2.34. The fourth-order valence-corrected chi connectivity index (χ4v) is 3.36. The summed E-state index contributed by atoms with van der Waals surface area (Å²) in [7, 11) is 0. The van der Waals surface area contributed by atoms with E-state index in [9.17, 15) is 9.59 Å². The quantitative estimate of drug-likeness (QED) is 0.754. The number of rotatable bonds is 2. The third kappa shape index (κ3) is 2.38. The highest BCUT2D eigenvalue weighted by atomic mass is 16.2. The molecule has 0 bridgehead atoms. The van der Waals surface area contributed by atoms with Crippen molar-refractivity contribution in [1.82, 2.24) is 25.3 Å². The second-order valence-corrected chi connectivity index (χ2v) is 5.97. The van der Waals surface area contributed by atoms with E-state index in [2.05, 4.69) is 20.4 Å². The topological polar surface area (TPSA) is 94.7 Å². The molecule has 4 rings (SSSR count). The van der Waals surface area contributed by atoms with Gasteiger partial charge in [0.25, 0.3) is 11.5 Å². The molecule has 24 heavy (non-hydrogen) atoms. The summed E-state index contributed by atoms with van der Waals surface area (Å²) in [6.45, 7) is 0.664. The van der Waals surface area contributed by atoms with Crippen molar-refractivity contribution >= 4 is 16.7 Å². The van der Waals surface area contributed by atoms with Gasteiger partial charge in [-0.2, -0.15) is 10.2 Å². The number of aromatic nitrogens is 4.